The number of amides is 1. The zero-order valence-corrected chi connectivity index (χ0v) is 15.0. The molecule has 0 aliphatic rings. The molecule has 0 radical (unpaired) electrons. The van der Waals surface area contributed by atoms with Gasteiger partial charge in [-0.15, -0.1) is 0 Å². The average Bonchev–Trinajstić information content (AvgIpc) is 2.58. The van der Waals surface area contributed by atoms with Crippen molar-refractivity contribution >= 4 is 23.4 Å². The number of carbonyl (C=O) groups excluding carboxylic acids is 1. The fourth-order valence-corrected chi connectivity index (χ4v) is 2.48. The van der Waals surface area contributed by atoms with Gasteiger partial charge in [-0.1, -0.05) is 49.9 Å². The van der Waals surface area contributed by atoms with E-state index >= 15 is 0 Å². The zero-order valence-electron chi connectivity index (χ0n) is 15.0. The molecule has 0 fully saturated rings. The van der Waals surface area contributed by atoms with E-state index in [9.17, 15) is 4.79 Å². The molecule has 0 aliphatic carbocycles. The second-order valence-corrected chi connectivity index (χ2v) is 5.73. The Kier molecular flexibility index (Phi) is 9.53. The number of unbranched alkanes of at least 4 members (excludes halogenated alkanes) is 1. The van der Waals surface area contributed by atoms with E-state index in [4.69, 9.17) is 11.5 Å². The van der Waals surface area contributed by atoms with E-state index in [0.29, 0.717) is 5.69 Å². The van der Waals surface area contributed by atoms with Crippen molar-refractivity contribution < 1.29 is 4.79 Å². The van der Waals surface area contributed by atoms with Crippen LogP contribution in [0.25, 0.3) is 6.08 Å². The van der Waals surface area contributed by atoms with E-state index in [2.05, 4.69) is 24.5 Å². The maximum Gasteiger partial charge on any atom is 0.241 e. The molecular formula is C21H29N3O. The van der Waals surface area contributed by atoms with Crippen molar-refractivity contribution in [2.45, 2.75) is 26.2 Å². The highest BCUT2D eigenvalue weighted by molar-refractivity contribution is 5.90. The zero-order chi connectivity index (χ0) is 18.5. The summed E-state index contributed by atoms with van der Waals surface area (Å²) in [4.78, 5) is 13.1. The van der Waals surface area contributed by atoms with Crippen LogP contribution in [0.1, 0.15) is 31.7 Å². The Balaban J connectivity index is 2.71. The van der Waals surface area contributed by atoms with Crippen LogP contribution >= 0.6 is 0 Å². The van der Waals surface area contributed by atoms with Crippen molar-refractivity contribution in [3.05, 3.63) is 66.8 Å². The molecule has 0 heterocycles. The molecule has 134 valence electrons. The van der Waals surface area contributed by atoms with Crippen LogP contribution in [0.3, 0.4) is 0 Å². The maximum absolute atomic E-state index is 10.8. The largest absolute Gasteiger partial charge is 0.397 e. The number of rotatable bonds is 11. The summed E-state index contributed by atoms with van der Waals surface area (Å²) < 4.78 is 0. The number of anilines is 2. The third-order valence-electron chi connectivity index (χ3n) is 3.62. The molecule has 4 heteroatoms. The smallest absolute Gasteiger partial charge is 0.241 e. The third-order valence-corrected chi connectivity index (χ3v) is 3.62. The highest BCUT2D eigenvalue weighted by Crippen LogP contribution is 2.25. The SMILES string of the molecule is C=CC=CC=CCCCN(CCC)c1ccc(C=CC(N)=O)cc1N. The molecule has 4 N–H and O–H groups in total. The van der Waals surface area contributed by atoms with Gasteiger partial charge in [0.1, 0.15) is 0 Å². The van der Waals surface area contributed by atoms with E-state index in [1.54, 1.807) is 12.2 Å². The van der Waals surface area contributed by atoms with Gasteiger partial charge in [-0.2, -0.15) is 0 Å². The van der Waals surface area contributed by atoms with Crippen LogP contribution in [0.15, 0.2) is 61.2 Å². The summed E-state index contributed by atoms with van der Waals surface area (Å²) in [5.41, 5.74) is 14.0. The van der Waals surface area contributed by atoms with Gasteiger partial charge in [0.05, 0.1) is 11.4 Å². The molecular weight excluding hydrogens is 310 g/mol. The highest BCUT2D eigenvalue weighted by atomic mass is 16.1. The number of nitrogens with zero attached hydrogens (tertiary/aromatic N) is 1. The minimum absolute atomic E-state index is 0.466. The predicted molar refractivity (Wildman–Crippen MR) is 109 cm³/mol. The Morgan fingerprint density at radius 1 is 1.24 bits per heavy atom. The van der Waals surface area contributed by atoms with Crippen LogP contribution < -0.4 is 16.4 Å². The average molecular weight is 339 g/mol. The summed E-state index contributed by atoms with van der Waals surface area (Å²) in [6, 6.07) is 5.83. The molecule has 0 spiro atoms. The van der Waals surface area contributed by atoms with Crippen molar-refractivity contribution in [3.8, 4) is 0 Å². The minimum atomic E-state index is -0.466. The first-order chi connectivity index (χ1) is 12.1. The molecule has 0 unspecified atom stereocenters. The van der Waals surface area contributed by atoms with Crippen LogP contribution in [0, 0.1) is 0 Å². The van der Waals surface area contributed by atoms with Crippen LogP contribution in [0.5, 0.6) is 0 Å². The van der Waals surface area contributed by atoms with E-state index in [1.165, 1.54) is 6.08 Å². The van der Waals surface area contributed by atoms with Crippen molar-refractivity contribution in [1.82, 2.24) is 0 Å². The molecule has 1 aromatic carbocycles. The third kappa shape index (κ3) is 8.06. The summed E-state index contributed by atoms with van der Waals surface area (Å²) >= 11 is 0. The standard InChI is InChI=1S/C21H29N3O/c1-3-5-6-7-8-9-10-16-24(15-4-2)20-13-11-18(17-19(20)22)12-14-21(23)25/h3,5-8,11-14,17H,1,4,9-10,15-16,22H2,2H3,(H2,23,25). The van der Waals surface area contributed by atoms with Crippen molar-refractivity contribution in [3.63, 3.8) is 0 Å². The summed E-state index contributed by atoms with van der Waals surface area (Å²) in [5, 5.41) is 0. The van der Waals surface area contributed by atoms with Gasteiger partial charge < -0.3 is 16.4 Å². The van der Waals surface area contributed by atoms with Gasteiger partial charge in [0, 0.05) is 19.2 Å². The van der Waals surface area contributed by atoms with Gasteiger partial charge in [0.15, 0.2) is 0 Å². The lowest BCUT2D eigenvalue weighted by Crippen LogP contribution is -2.26. The first-order valence-electron chi connectivity index (χ1n) is 8.64. The molecule has 1 amide bonds. The molecule has 0 bridgehead atoms. The van der Waals surface area contributed by atoms with Crippen LogP contribution in [-0.4, -0.2) is 19.0 Å². The molecule has 0 saturated heterocycles. The quantitative estimate of drug-likeness (QED) is 0.276. The highest BCUT2D eigenvalue weighted by Gasteiger charge is 2.09. The normalized spacial score (nSPS) is 11.6. The number of allylic oxidation sites excluding steroid dienone is 5. The van der Waals surface area contributed by atoms with Crippen molar-refractivity contribution in [2.75, 3.05) is 23.7 Å². The van der Waals surface area contributed by atoms with E-state index in [1.807, 2.05) is 36.4 Å². The van der Waals surface area contributed by atoms with Gasteiger partial charge in [-0.25, -0.2) is 0 Å². The number of benzene rings is 1. The van der Waals surface area contributed by atoms with Crippen molar-refractivity contribution in [1.29, 1.82) is 0 Å². The number of hydrogen-bond donors (Lipinski definition) is 2. The Hall–Kier alpha value is -2.75. The Labute approximate surface area is 151 Å². The lowest BCUT2D eigenvalue weighted by Gasteiger charge is -2.26. The van der Waals surface area contributed by atoms with Gasteiger partial charge in [-0.05, 0) is 43.0 Å². The van der Waals surface area contributed by atoms with E-state index in [-0.39, 0.29) is 0 Å². The number of nitrogens with two attached hydrogens (primary N) is 2. The fourth-order valence-electron chi connectivity index (χ4n) is 2.48. The Bertz CT molecular complexity index is 645. The van der Waals surface area contributed by atoms with Gasteiger partial charge >= 0.3 is 0 Å². The van der Waals surface area contributed by atoms with Crippen LogP contribution in [0.2, 0.25) is 0 Å². The maximum atomic E-state index is 10.8. The van der Waals surface area contributed by atoms with Gasteiger partial charge in [0.25, 0.3) is 0 Å². The molecule has 1 aromatic rings. The summed E-state index contributed by atoms with van der Waals surface area (Å²) in [5.74, 6) is -0.466. The second kappa shape index (κ2) is 11.7. The number of nitrogen functional groups attached to an aromatic ring is 1. The van der Waals surface area contributed by atoms with Gasteiger partial charge in [-0.3, -0.25) is 4.79 Å². The summed E-state index contributed by atoms with van der Waals surface area (Å²) in [7, 11) is 0. The first kappa shape index (κ1) is 20.3. The molecule has 0 atom stereocenters. The number of primary amides is 1. The van der Waals surface area contributed by atoms with E-state index in [0.717, 1.165) is 43.6 Å². The minimum Gasteiger partial charge on any atom is -0.397 e. The Morgan fingerprint density at radius 3 is 2.68 bits per heavy atom. The lowest BCUT2D eigenvalue weighted by molar-refractivity contribution is -0.113. The van der Waals surface area contributed by atoms with Gasteiger partial charge in [0.2, 0.25) is 5.91 Å². The molecule has 4 nitrogen and oxygen atoms in total. The molecule has 25 heavy (non-hydrogen) atoms. The number of carbonyl (C=O) groups is 1. The van der Waals surface area contributed by atoms with Crippen LogP contribution in [0.4, 0.5) is 11.4 Å². The fraction of sp³-hybridized carbons (Fsp3) is 0.286. The Morgan fingerprint density at radius 2 is 2.04 bits per heavy atom. The summed E-state index contributed by atoms with van der Waals surface area (Å²) in [6.45, 7) is 7.71. The summed E-state index contributed by atoms with van der Waals surface area (Å²) in [6.07, 6.45) is 16.0. The van der Waals surface area contributed by atoms with E-state index < -0.39 is 5.91 Å². The molecule has 0 saturated carbocycles. The van der Waals surface area contributed by atoms with Crippen LogP contribution in [-0.2, 0) is 4.79 Å². The predicted octanol–water partition coefficient (Wildman–Crippen LogP) is 4.06. The second-order valence-electron chi connectivity index (χ2n) is 5.73. The first-order valence-corrected chi connectivity index (χ1v) is 8.64. The number of hydrogen-bond acceptors (Lipinski definition) is 3. The molecule has 0 aliphatic heterocycles. The molecule has 1 rings (SSSR count). The monoisotopic (exact) mass is 339 g/mol. The lowest BCUT2D eigenvalue weighted by atomic mass is 10.1. The molecule has 0 aromatic heterocycles. The van der Waals surface area contributed by atoms with Crippen molar-refractivity contribution in [2.24, 2.45) is 5.73 Å². The topological polar surface area (TPSA) is 72.3 Å².